The van der Waals surface area contributed by atoms with Crippen molar-refractivity contribution in [1.29, 1.82) is 0 Å². The number of piperidine rings is 1. The van der Waals surface area contributed by atoms with Gasteiger partial charge in [0.2, 0.25) is 10.0 Å². The Hall–Kier alpha value is -1.80. The van der Waals surface area contributed by atoms with Gasteiger partial charge in [-0.1, -0.05) is 42.5 Å². The minimum Gasteiger partial charge on any atom is -0.303 e. The molecule has 2 aliphatic rings. The van der Waals surface area contributed by atoms with Gasteiger partial charge in [-0.25, -0.2) is 12.8 Å². The molecule has 0 spiro atoms. The van der Waals surface area contributed by atoms with E-state index in [2.05, 4.69) is 34.1 Å². The Morgan fingerprint density at radius 2 is 1.48 bits per heavy atom. The maximum atomic E-state index is 14.5. The molecule has 0 N–H and O–H groups in total. The largest absolute Gasteiger partial charge is 0.303 e. The van der Waals surface area contributed by atoms with E-state index < -0.39 is 15.8 Å². The van der Waals surface area contributed by atoms with Gasteiger partial charge in [-0.3, -0.25) is 0 Å². The van der Waals surface area contributed by atoms with E-state index in [9.17, 15) is 12.8 Å². The van der Waals surface area contributed by atoms with Crippen molar-refractivity contribution in [1.82, 2.24) is 14.1 Å². The highest BCUT2D eigenvalue weighted by atomic mass is 32.2. The SMILES string of the molecule is O=S(=O)(c1ccccc1F)N(CCN1CCCC1)C1CCN(CCCc2ccccc2)CC1. The minimum absolute atomic E-state index is 0.0809. The van der Waals surface area contributed by atoms with Crippen LogP contribution in [0.15, 0.2) is 59.5 Å². The van der Waals surface area contributed by atoms with Gasteiger partial charge in [0.25, 0.3) is 0 Å². The quantitative estimate of drug-likeness (QED) is 0.523. The summed E-state index contributed by atoms with van der Waals surface area (Å²) in [6.45, 7) is 5.97. The van der Waals surface area contributed by atoms with Gasteiger partial charge >= 0.3 is 0 Å². The van der Waals surface area contributed by atoms with E-state index in [0.29, 0.717) is 13.1 Å². The van der Waals surface area contributed by atoms with Crippen molar-refractivity contribution in [2.45, 2.75) is 49.5 Å². The van der Waals surface area contributed by atoms with E-state index in [1.807, 2.05) is 6.07 Å². The van der Waals surface area contributed by atoms with Crippen molar-refractivity contribution in [3.05, 3.63) is 66.0 Å². The summed E-state index contributed by atoms with van der Waals surface area (Å²) in [6, 6.07) is 16.2. The van der Waals surface area contributed by atoms with Crippen molar-refractivity contribution in [3.63, 3.8) is 0 Å². The van der Waals surface area contributed by atoms with Crippen LogP contribution in [0.4, 0.5) is 4.39 Å². The van der Waals surface area contributed by atoms with Gasteiger partial charge < -0.3 is 9.80 Å². The van der Waals surface area contributed by atoms with Crippen molar-refractivity contribution < 1.29 is 12.8 Å². The zero-order valence-electron chi connectivity index (χ0n) is 19.4. The monoisotopic (exact) mass is 473 g/mol. The number of likely N-dealkylation sites (tertiary alicyclic amines) is 2. The molecule has 0 aromatic heterocycles. The molecule has 2 saturated heterocycles. The number of nitrogens with zero attached hydrogens (tertiary/aromatic N) is 3. The second kappa shape index (κ2) is 11.6. The van der Waals surface area contributed by atoms with Crippen LogP contribution in [0.1, 0.15) is 37.7 Å². The first-order valence-electron chi connectivity index (χ1n) is 12.3. The number of halogens is 1. The first-order chi connectivity index (χ1) is 16.0. The third-order valence-corrected chi connectivity index (χ3v) is 8.99. The Labute approximate surface area is 198 Å². The number of rotatable bonds is 10. The van der Waals surface area contributed by atoms with Crippen LogP contribution in [0.2, 0.25) is 0 Å². The average Bonchev–Trinajstić information content (AvgIpc) is 3.35. The normalized spacial score (nSPS) is 18.8. The lowest BCUT2D eigenvalue weighted by atomic mass is 10.0. The maximum absolute atomic E-state index is 14.5. The van der Waals surface area contributed by atoms with Crippen molar-refractivity contribution in [2.24, 2.45) is 0 Å². The molecule has 7 heteroatoms. The molecule has 0 bridgehead atoms. The lowest BCUT2D eigenvalue weighted by molar-refractivity contribution is 0.150. The summed E-state index contributed by atoms with van der Waals surface area (Å²) in [5.74, 6) is -0.665. The molecule has 2 aliphatic heterocycles. The summed E-state index contributed by atoms with van der Waals surface area (Å²) in [7, 11) is -3.88. The molecule has 0 amide bonds. The highest BCUT2D eigenvalue weighted by molar-refractivity contribution is 7.89. The molecular weight excluding hydrogens is 437 g/mol. The molecule has 2 heterocycles. The van der Waals surface area contributed by atoms with Gasteiger partial charge in [-0.2, -0.15) is 4.31 Å². The number of hydrogen-bond acceptors (Lipinski definition) is 4. The van der Waals surface area contributed by atoms with E-state index in [-0.39, 0.29) is 10.9 Å². The van der Waals surface area contributed by atoms with E-state index in [0.717, 1.165) is 58.4 Å². The third-order valence-electron chi connectivity index (χ3n) is 7.01. The van der Waals surface area contributed by atoms with Crippen LogP contribution in [0, 0.1) is 5.82 Å². The van der Waals surface area contributed by atoms with Gasteiger partial charge in [0.1, 0.15) is 10.7 Å². The fraction of sp³-hybridized carbons (Fsp3) is 0.538. The Kier molecular flexibility index (Phi) is 8.52. The second-order valence-electron chi connectivity index (χ2n) is 9.26. The Balaban J connectivity index is 1.38. The van der Waals surface area contributed by atoms with Gasteiger partial charge in [0.05, 0.1) is 0 Å². The standard InChI is InChI=1S/C26H36FN3O2S/c27-25-12-4-5-13-26(25)33(31,32)30(22-21-28-16-6-7-17-28)24-14-19-29(20-15-24)18-8-11-23-9-2-1-3-10-23/h1-5,9-10,12-13,24H,6-8,11,14-22H2. The van der Waals surface area contributed by atoms with Crippen LogP contribution in [0.25, 0.3) is 0 Å². The van der Waals surface area contributed by atoms with Crippen LogP contribution in [-0.2, 0) is 16.4 Å². The van der Waals surface area contributed by atoms with Gasteiger partial charge in [0, 0.05) is 19.1 Å². The molecule has 33 heavy (non-hydrogen) atoms. The van der Waals surface area contributed by atoms with E-state index >= 15 is 0 Å². The minimum atomic E-state index is -3.88. The summed E-state index contributed by atoms with van der Waals surface area (Å²) < 4.78 is 43.1. The van der Waals surface area contributed by atoms with Crippen molar-refractivity contribution in [2.75, 3.05) is 45.8 Å². The molecule has 2 aromatic rings. The van der Waals surface area contributed by atoms with Crippen LogP contribution in [-0.4, -0.2) is 74.4 Å². The highest BCUT2D eigenvalue weighted by Crippen LogP contribution is 2.26. The van der Waals surface area contributed by atoms with E-state index in [1.54, 1.807) is 10.4 Å². The molecule has 0 radical (unpaired) electrons. The maximum Gasteiger partial charge on any atom is 0.246 e. The smallest absolute Gasteiger partial charge is 0.246 e. The summed E-state index contributed by atoms with van der Waals surface area (Å²) in [6.07, 6.45) is 6.08. The molecule has 0 unspecified atom stereocenters. The second-order valence-corrected chi connectivity index (χ2v) is 11.1. The number of sulfonamides is 1. The van der Waals surface area contributed by atoms with E-state index in [1.165, 1.54) is 36.6 Å². The first kappa shape index (κ1) is 24.3. The fourth-order valence-corrected chi connectivity index (χ4v) is 6.85. The molecule has 2 aromatic carbocycles. The zero-order chi connectivity index (χ0) is 23.1. The topological polar surface area (TPSA) is 43.9 Å². The average molecular weight is 474 g/mol. The Bertz CT molecular complexity index is 972. The first-order valence-corrected chi connectivity index (χ1v) is 13.7. The molecule has 0 atom stereocenters. The lowest BCUT2D eigenvalue weighted by Crippen LogP contribution is -2.49. The fourth-order valence-electron chi connectivity index (χ4n) is 5.11. The predicted octanol–water partition coefficient (Wildman–Crippen LogP) is 4.01. The van der Waals surface area contributed by atoms with E-state index in [4.69, 9.17) is 0 Å². The predicted molar refractivity (Wildman–Crippen MR) is 130 cm³/mol. The lowest BCUT2D eigenvalue weighted by Gasteiger charge is -2.38. The van der Waals surface area contributed by atoms with Gasteiger partial charge in [-0.15, -0.1) is 0 Å². The molecule has 180 valence electrons. The number of benzene rings is 2. The zero-order valence-corrected chi connectivity index (χ0v) is 20.2. The Morgan fingerprint density at radius 3 is 2.18 bits per heavy atom. The van der Waals surface area contributed by atoms with Crippen LogP contribution in [0.3, 0.4) is 0 Å². The molecule has 2 fully saturated rings. The molecular formula is C26H36FN3O2S. The summed E-state index contributed by atoms with van der Waals surface area (Å²) in [5, 5.41) is 0. The van der Waals surface area contributed by atoms with Crippen LogP contribution in [0.5, 0.6) is 0 Å². The highest BCUT2D eigenvalue weighted by Gasteiger charge is 2.35. The third kappa shape index (κ3) is 6.41. The molecule has 4 rings (SSSR count). The van der Waals surface area contributed by atoms with Crippen LogP contribution < -0.4 is 0 Å². The van der Waals surface area contributed by atoms with Crippen molar-refractivity contribution in [3.8, 4) is 0 Å². The van der Waals surface area contributed by atoms with Crippen LogP contribution >= 0.6 is 0 Å². The molecule has 0 saturated carbocycles. The Morgan fingerprint density at radius 1 is 0.848 bits per heavy atom. The van der Waals surface area contributed by atoms with Gasteiger partial charge in [0.15, 0.2) is 0 Å². The summed E-state index contributed by atoms with van der Waals surface area (Å²) in [5.41, 5.74) is 1.36. The summed E-state index contributed by atoms with van der Waals surface area (Å²) >= 11 is 0. The number of hydrogen-bond donors (Lipinski definition) is 0. The van der Waals surface area contributed by atoms with Crippen molar-refractivity contribution >= 4 is 10.0 Å². The number of aryl methyl sites for hydroxylation is 1. The molecule has 0 aliphatic carbocycles. The molecule has 5 nitrogen and oxygen atoms in total. The summed E-state index contributed by atoms with van der Waals surface area (Å²) in [4.78, 5) is 4.56. The van der Waals surface area contributed by atoms with Gasteiger partial charge in [-0.05, 0) is 88.9 Å².